The van der Waals surface area contributed by atoms with Gasteiger partial charge in [0.25, 0.3) is 15.0 Å². The monoisotopic (exact) mass is 349 g/mol. The molecule has 1 aliphatic heterocycles. The van der Waals surface area contributed by atoms with Crippen molar-refractivity contribution in [3.05, 3.63) is 16.5 Å². The summed E-state index contributed by atoms with van der Waals surface area (Å²) >= 11 is 1.01. The van der Waals surface area contributed by atoms with E-state index in [2.05, 4.69) is 13.8 Å². The van der Waals surface area contributed by atoms with Crippen LogP contribution < -0.4 is 0 Å². The Morgan fingerprint density at radius 1 is 1.43 bits per heavy atom. The Morgan fingerprint density at radius 3 is 2.43 bits per heavy atom. The molecular formula is C14H20ClNO3S2. The number of nitrogens with zero attached hydrogens (tertiary/aromatic N) is 1. The van der Waals surface area contributed by atoms with Gasteiger partial charge >= 0.3 is 0 Å². The van der Waals surface area contributed by atoms with Crippen LogP contribution in [0.1, 0.15) is 49.0 Å². The fourth-order valence-electron chi connectivity index (χ4n) is 2.62. The van der Waals surface area contributed by atoms with Gasteiger partial charge in [-0.05, 0) is 30.7 Å². The predicted molar refractivity (Wildman–Crippen MR) is 85.6 cm³/mol. The van der Waals surface area contributed by atoms with Crippen LogP contribution in [0.4, 0.5) is 0 Å². The summed E-state index contributed by atoms with van der Waals surface area (Å²) in [5, 5.41) is 1.60. The van der Waals surface area contributed by atoms with Crippen molar-refractivity contribution in [2.45, 2.75) is 44.2 Å². The summed E-state index contributed by atoms with van der Waals surface area (Å²) in [6, 6.07) is 0. The normalized spacial score (nSPS) is 18.8. The van der Waals surface area contributed by atoms with Crippen LogP contribution in [0, 0.1) is 12.3 Å². The first-order valence-electron chi connectivity index (χ1n) is 7.00. The zero-order valence-electron chi connectivity index (χ0n) is 12.5. The summed E-state index contributed by atoms with van der Waals surface area (Å²) in [5.41, 5.74) is 1.23. The third-order valence-corrected chi connectivity index (χ3v) is 7.86. The lowest BCUT2D eigenvalue weighted by Crippen LogP contribution is -2.42. The lowest BCUT2D eigenvalue weighted by Gasteiger charge is -2.38. The molecule has 0 aromatic carbocycles. The molecule has 0 N–H and O–H groups in total. The summed E-state index contributed by atoms with van der Waals surface area (Å²) in [7, 11) is 1.60. The summed E-state index contributed by atoms with van der Waals surface area (Å²) in [5.74, 6) is -0.0894. The lowest BCUT2D eigenvalue weighted by molar-refractivity contribution is 0.0600. The Morgan fingerprint density at radius 2 is 2.00 bits per heavy atom. The van der Waals surface area contributed by atoms with E-state index in [9.17, 15) is 13.2 Å². The van der Waals surface area contributed by atoms with Crippen molar-refractivity contribution >= 4 is 37.0 Å². The maximum absolute atomic E-state index is 12.6. The van der Waals surface area contributed by atoms with E-state index in [0.29, 0.717) is 16.5 Å². The summed E-state index contributed by atoms with van der Waals surface area (Å²) in [6.07, 6.45) is 3.08. The molecule has 2 heterocycles. The highest BCUT2D eigenvalue weighted by atomic mass is 35.7. The Kier molecular flexibility index (Phi) is 4.71. The van der Waals surface area contributed by atoms with Crippen molar-refractivity contribution in [3.8, 4) is 0 Å². The Bertz CT molecular complexity index is 643. The van der Waals surface area contributed by atoms with Crippen molar-refractivity contribution in [2.24, 2.45) is 5.41 Å². The highest BCUT2D eigenvalue weighted by Crippen LogP contribution is 2.35. The molecule has 1 amide bonds. The molecule has 2 rings (SSSR count). The van der Waals surface area contributed by atoms with Gasteiger partial charge in [-0.3, -0.25) is 4.79 Å². The SMILES string of the molecule is CCC1(C)CCN(C(=O)c2csc(S(=O)(=O)Cl)c2C)CC1. The molecule has 7 heteroatoms. The standard InChI is InChI=1S/C14H20ClNO3S2/c1-4-14(3)5-7-16(8-6-14)12(17)11-9-20-13(10(11)2)21(15,18)19/h9H,4-8H2,1-3H3. The van der Waals surface area contributed by atoms with E-state index in [4.69, 9.17) is 10.7 Å². The van der Waals surface area contributed by atoms with Gasteiger partial charge in [0, 0.05) is 29.2 Å². The molecule has 1 aliphatic rings. The molecular weight excluding hydrogens is 330 g/mol. The topological polar surface area (TPSA) is 54.5 Å². The van der Waals surface area contributed by atoms with E-state index in [-0.39, 0.29) is 10.1 Å². The minimum Gasteiger partial charge on any atom is -0.339 e. The van der Waals surface area contributed by atoms with Gasteiger partial charge in [0.2, 0.25) is 0 Å². The van der Waals surface area contributed by atoms with Gasteiger partial charge in [0.15, 0.2) is 0 Å². The van der Waals surface area contributed by atoms with E-state index < -0.39 is 9.05 Å². The number of likely N-dealkylation sites (tertiary alicyclic amines) is 1. The molecule has 21 heavy (non-hydrogen) atoms. The molecule has 1 fully saturated rings. The number of hydrogen-bond acceptors (Lipinski definition) is 4. The summed E-state index contributed by atoms with van der Waals surface area (Å²) < 4.78 is 23.0. The molecule has 0 bridgehead atoms. The van der Waals surface area contributed by atoms with Crippen LogP contribution in [0.2, 0.25) is 0 Å². The van der Waals surface area contributed by atoms with Crippen molar-refractivity contribution in [1.29, 1.82) is 0 Å². The van der Waals surface area contributed by atoms with Gasteiger partial charge in [0.1, 0.15) is 4.21 Å². The molecule has 0 radical (unpaired) electrons. The van der Waals surface area contributed by atoms with E-state index in [1.54, 1.807) is 12.3 Å². The summed E-state index contributed by atoms with van der Waals surface area (Å²) in [6.45, 7) is 7.52. The van der Waals surface area contributed by atoms with E-state index in [0.717, 1.165) is 43.7 Å². The number of thiophene rings is 1. The molecule has 4 nitrogen and oxygen atoms in total. The number of carbonyl (C=O) groups excluding carboxylic acids is 1. The van der Waals surface area contributed by atoms with Crippen molar-refractivity contribution in [3.63, 3.8) is 0 Å². The fraction of sp³-hybridized carbons (Fsp3) is 0.643. The van der Waals surface area contributed by atoms with Crippen molar-refractivity contribution in [2.75, 3.05) is 13.1 Å². The van der Waals surface area contributed by atoms with Crippen LogP contribution in [-0.4, -0.2) is 32.3 Å². The second-order valence-electron chi connectivity index (χ2n) is 5.96. The van der Waals surface area contributed by atoms with Crippen LogP contribution >= 0.6 is 22.0 Å². The Labute approximate surface area is 134 Å². The first-order chi connectivity index (χ1) is 9.68. The van der Waals surface area contributed by atoms with Crippen LogP contribution in [-0.2, 0) is 9.05 Å². The van der Waals surface area contributed by atoms with Crippen LogP contribution in [0.25, 0.3) is 0 Å². The molecule has 0 unspecified atom stereocenters. The number of amides is 1. The maximum Gasteiger partial charge on any atom is 0.271 e. The van der Waals surface area contributed by atoms with Gasteiger partial charge in [-0.25, -0.2) is 8.42 Å². The third kappa shape index (κ3) is 3.43. The average molecular weight is 350 g/mol. The number of carbonyl (C=O) groups is 1. The first kappa shape index (κ1) is 16.8. The predicted octanol–water partition coefficient (Wildman–Crippen LogP) is 3.64. The van der Waals surface area contributed by atoms with Crippen molar-refractivity contribution in [1.82, 2.24) is 4.90 Å². The fourth-order valence-corrected chi connectivity index (χ4v) is 5.17. The summed E-state index contributed by atoms with van der Waals surface area (Å²) in [4.78, 5) is 14.4. The molecule has 0 spiro atoms. The van der Waals surface area contributed by atoms with Crippen LogP contribution in [0.3, 0.4) is 0 Å². The second kappa shape index (κ2) is 5.89. The minimum atomic E-state index is -3.78. The first-order valence-corrected chi connectivity index (χ1v) is 10.2. The number of halogens is 1. The maximum atomic E-state index is 12.6. The van der Waals surface area contributed by atoms with Crippen molar-refractivity contribution < 1.29 is 13.2 Å². The Balaban J connectivity index is 2.18. The zero-order chi connectivity index (χ0) is 15.8. The smallest absolute Gasteiger partial charge is 0.271 e. The van der Waals surface area contributed by atoms with Gasteiger partial charge in [-0.15, -0.1) is 11.3 Å². The molecule has 0 aliphatic carbocycles. The van der Waals surface area contributed by atoms with Gasteiger partial charge in [-0.1, -0.05) is 20.3 Å². The largest absolute Gasteiger partial charge is 0.339 e. The highest BCUT2D eigenvalue weighted by Gasteiger charge is 2.32. The van der Waals surface area contributed by atoms with E-state index in [1.165, 1.54) is 0 Å². The molecule has 1 aromatic heterocycles. The molecule has 0 atom stereocenters. The molecule has 1 aromatic rings. The third-order valence-electron chi connectivity index (χ3n) is 4.56. The molecule has 118 valence electrons. The minimum absolute atomic E-state index is 0.0722. The van der Waals surface area contributed by atoms with Gasteiger partial charge in [-0.2, -0.15) is 0 Å². The van der Waals surface area contributed by atoms with E-state index in [1.807, 2.05) is 4.90 Å². The number of hydrogen-bond donors (Lipinski definition) is 0. The van der Waals surface area contributed by atoms with Crippen LogP contribution in [0.15, 0.2) is 9.59 Å². The number of rotatable bonds is 3. The second-order valence-corrected chi connectivity index (χ2v) is 9.60. The quantitative estimate of drug-likeness (QED) is 0.783. The Hall–Kier alpha value is -0.590. The van der Waals surface area contributed by atoms with E-state index >= 15 is 0 Å². The number of piperidine rings is 1. The average Bonchev–Trinajstić information content (AvgIpc) is 2.80. The lowest BCUT2D eigenvalue weighted by atomic mass is 9.78. The van der Waals surface area contributed by atoms with Crippen LogP contribution in [0.5, 0.6) is 0 Å². The van der Waals surface area contributed by atoms with Gasteiger partial charge in [0.05, 0.1) is 5.56 Å². The molecule has 0 saturated carbocycles. The van der Waals surface area contributed by atoms with Gasteiger partial charge < -0.3 is 4.90 Å². The zero-order valence-corrected chi connectivity index (χ0v) is 14.9. The highest BCUT2D eigenvalue weighted by molar-refractivity contribution is 8.15. The molecule has 1 saturated heterocycles.